The molecule has 3 heterocycles. The number of amides is 2. The molecule has 0 spiro atoms. The highest BCUT2D eigenvalue weighted by atomic mass is 19.4. The third-order valence-corrected chi connectivity index (χ3v) is 7.86. The molecular weight excluding hydrogens is 498 g/mol. The number of fused-ring (bicyclic) bond motifs is 1. The second-order valence-corrected chi connectivity index (χ2v) is 10.5. The third kappa shape index (κ3) is 4.50. The zero-order valence-electron chi connectivity index (χ0n) is 21.1. The van der Waals surface area contributed by atoms with Crippen molar-refractivity contribution in [3.63, 3.8) is 0 Å². The molecule has 3 aliphatic rings. The maximum Gasteiger partial charge on any atom is 0.416 e. The number of hydrogen-bond acceptors (Lipinski definition) is 3. The number of carbonyl (C=O) groups is 1. The van der Waals surface area contributed by atoms with Gasteiger partial charge in [0.25, 0.3) is 0 Å². The zero-order valence-corrected chi connectivity index (χ0v) is 21.1. The van der Waals surface area contributed by atoms with E-state index in [1.807, 2.05) is 12.3 Å². The maximum atomic E-state index is 14.9. The molecule has 6 nitrogen and oxygen atoms in total. The SMILES string of the molecule is Cn1cc2c(n1)N(Cc1ccccc1C(F)(F)F)C(=O)N(C1CCN(c3c(F)cccc3C3CC3)CC1)C2. The Hall–Kier alpha value is -3.56. The molecule has 0 unspecified atom stereocenters. The fraction of sp³-hybridized carbons (Fsp3) is 0.429. The van der Waals surface area contributed by atoms with Crippen LogP contribution in [0.25, 0.3) is 0 Å². The highest BCUT2D eigenvalue weighted by molar-refractivity contribution is 5.94. The molecule has 200 valence electrons. The Kier molecular flexibility index (Phi) is 6.07. The van der Waals surface area contributed by atoms with E-state index in [9.17, 15) is 22.4 Å². The summed E-state index contributed by atoms with van der Waals surface area (Å²) in [5.74, 6) is 0.597. The van der Waals surface area contributed by atoms with Crippen molar-refractivity contribution in [1.29, 1.82) is 0 Å². The van der Waals surface area contributed by atoms with Crippen LogP contribution >= 0.6 is 0 Å². The number of piperidine rings is 1. The van der Waals surface area contributed by atoms with Gasteiger partial charge < -0.3 is 9.80 Å². The molecule has 1 saturated carbocycles. The summed E-state index contributed by atoms with van der Waals surface area (Å²) in [4.78, 5) is 19.0. The Morgan fingerprint density at radius 2 is 1.74 bits per heavy atom. The summed E-state index contributed by atoms with van der Waals surface area (Å²) in [5.41, 5.74) is 1.80. The topological polar surface area (TPSA) is 44.6 Å². The normalized spacial score (nSPS) is 18.8. The lowest BCUT2D eigenvalue weighted by atomic mass is 9.99. The number of rotatable bonds is 5. The Morgan fingerprint density at radius 1 is 1.00 bits per heavy atom. The number of hydrogen-bond donors (Lipinski definition) is 0. The summed E-state index contributed by atoms with van der Waals surface area (Å²) in [6.07, 6.45) is 0.736. The number of halogens is 4. The van der Waals surface area contributed by atoms with Crippen LogP contribution in [0.5, 0.6) is 0 Å². The van der Waals surface area contributed by atoms with Crippen molar-refractivity contribution >= 4 is 17.5 Å². The number of nitrogens with zero attached hydrogens (tertiary/aromatic N) is 5. The average Bonchev–Trinajstić information content (AvgIpc) is 3.66. The van der Waals surface area contributed by atoms with Crippen LogP contribution in [0.4, 0.5) is 33.9 Å². The van der Waals surface area contributed by atoms with Gasteiger partial charge in [-0.2, -0.15) is 18.3 Å². The van der Waals surface area contributed by atoms with Crippen molar-refractivity contribution in [2.24, 2.45) is 7.05 Å². The molecule has 2 aromatic carbocycles. The Morgan fingerprint density at radius 3 is 2.45 bits per heavy atom. The second kappa shape index (κ2) is 9.32. The molecule has 38 heavy (non-hydrogen) atoms. The molecule has 0 radical (unpaired) electrons. The lowest BCUT2D eigenvalue weighted by Gasteiger charge is -2.43. The summed E-state index contributed by atoms with van der Waals surface area (Å²) in [6.45, 7) is 1.32. The van der Waals surface area contributed by atoms with Gasteiger partial charge in [-0.15, -0.1) is 0 Å². The molecule has 3 aromatic rings. The highest BCUT2D eigenvalue weighted by Crippen LogP contribution is 2.46. The summed E-state index contributed by atoms with van der Waals surface area (Å²) in [5, 5.41) is 4.41. The van der Waals surface area contributed by atoms with E-state index in [4.69, 9.17) is 0 Å². The van der Waals surface area contributed by atoms with E-state index >= 15 is 0 Å². The van der Waals surface area contributed by atoms with E-state index < -0.39 is 11.7 Å². The number of carbonyl (C=O) groups excluding carboxylic acids is 1. The van der Waals surface area contributed by atoms with Crippen LogP contribution in [0.1, 0.15) is 53.9 Å². The lowest BCUT2D eigenvalue weighted by Crippen LogP contribution is -2.54. The molecule has 6 rings (SSSR count). The minimum Gasteiger partial charge on any atom is -0.369 e. The van der Waals surface area contributed by atoms with Crippen molar-refractivity contribution in [2.45, 2.75) is 56.9 Å². The number of anilines is 2. The fourth-order valence-electron chi connectivity index (χ4n) is 5.88. The van der Waals surface area contributed by atoms with Crippen molar-refractivity contribution in [1.82, 2.24) is 14.7 Å². The molecule has 0 atom stereocenters. The first-order valence-electron chi connectivity index (χ1n) is 13.0. The Labute approximate surface area is 218 Å². The molecule has 1 aliphatic carbocycles. The van der Waals surface area contributed by atoms with Gasteiger partial charge in [0, 0.05) is 37.9 Å². The molecule has 1 saturated heterocycles. The summed E-state index contributed by atoms with van der Waals surface area (Å²) < 4.78 is 57.5. The van der Waals surface area contributed by atoms with Crippen LogP contribution in [-0.2, 0) is 26.3 Å². The number of aromatic nitrogens is 2. The van der Waals surface area contributed by atoms with Gasteiger partial charge in [0.1, 0.15) is 5.82 Å². The first-order valence-corrected chi connectivity index (χ1v) is 13.0. The van der Waals surface area contributed by atoms with E-state index in [0.717, 1.165) is 30.0 Å². The van der Waals surface area contributed by atoms with Gasteiger partial charge in [0.05, 0.1) is 24.3 Å². The van der Waals surface area contributed by atoms with Gasteiger partial charge in [-0.25, -0.2) is 9.18 Å². The highest BCUT2D eigenvalue weighted by Gasteiger charge is 2.40. The van der Waals surface area contributed by atoms with Crippen molar-refractivity contribution in [3.8, 4) is 0 Å². The van der Waals surface area contributed by atoms with Gasteiger partial charge in [0.2, 0.25) is 0 Å². The van der Waals surface area contributed by atoms with Crippen molar-refractivity contribution in [2.75, 3.05) is 22.9 Å². The minimum atomic E-state index is -4.53. The molecule has 0 N–H and O–H groups in total. The van der Waals surface area contributed by atoms with E-state index in [1.165, 1.54) is 23.1 Å². The van der Waals surface area contributed by atoms with Crippen molar-refractivity contribution < 1.29 is 22.4 Å². The Balaban J connectivity index is 1.24. The maximum absolute atomic E-state index is 14.9. The van der Waals surface area contributed by atoms with Gasteiger partial charge in [-0.1, -0.05) is 30.3 Å². The lowest BCUT2D eigenvalue weighted by molar-refractivity contribution is -0.138. The van der Waals surface area contributed by atoms with Crippen LogP contribution in [-0.4, -0.2) is 39.8 Å². The molecule has 1 aromatic heterocycles. The molecular formula is C28H29F4N5O. The number of para-hydroxylation sites is 1. The summed E-state index contributed by atoms with van der Waals surface area (Å²) >= 11 is 0. The molecule has 0 bridgehead atoms. The van der Waals surface area contributed by atoms with Crippen molar-refractivity contribution in [3.05, 3.63) is 76.7 Å². The van der Waals surface area contributed by atoms with E-state index in [-0.39, 0.29) is 30.0 Å². The van der Waals surface area contributed by atoms with E-state index in [2.05, 4.69) is 10.00 Å². The van der Waals surface area contributed by atoms with Gasteiger partial charge in [0.15, 0.2) is 5.82 Å². The molecule has 2 aliphatic heterocycles. The quantitative estimate of drug-likeness (QED) is 0.379. The van der Waals surface area contributed by atoms with E-state index in [1.54, 1.807) is 28.8 Å². The van der Waals surface area contributed by atoms with Gasteiger partial charge in [-0.05, 0) is 54.9 Å². The monoisotopic (exact) mass is 527 g/mol. The van der Waals surface area contributed by atoms with E-state index in [0.29, 0.717) is 49.9 Å². The van der Waals surface area contributed by atoms with Crippen LogP contribution in [0, 0.1) is 5.82 Å². The predicted octanol–water partition coefficient (Wildman–Crippen LogP) is 6.07. The largest absolute Gasteiger partial charge is 0.416 e. The third-order valence-electron chi connectivity index (χ3n) is 7.86. The number of alkyl halides is 3. The summed E-state index contributed by atoms with van der Waals surface area (Å²) in [7, 11) is 1.74. The molecule has 10 heteroatoms. The summed E-state index contributed by atoms with van der Waals surface area (Å²) in [6, 6.07) is 10.2. The standard InChI is InChI=1S/C28H29F4N5O/c1-34-15-20-17-36(21-11-13-35(14-12-21)25-22(18-9-10-18)6-4-8-24(25)29)27(38)37(26(20)33-34)16-19-5-2-3-7-23(19)28(30,31)32/h2-8,15,18,21H,9-14,16-17H2,1H3. The van der Waals surface area contributed by atoms with Crippen LogP contribution in [0.15, 0.2) is 48.7 Å². The van der Waals surface area contributed by atoms with Crippen LogP contribution < -0.4 is 9.80 Å². The smallest absolute Gasteiger partial charge is 0.369 e. The fourth-order valence-corrected chi connectivity index (χ4v) is 5.88. The zero-order chi connectivity index (χ0) is 26.6. The van der Waals surface area contributed by atoms with Gasteiger partial charge in [-0.3, -0.25) is 9.58 Å². The molecule has 2 fully saturated rings. The van der Waals surface area contributed by atoms with Crippen LogP contribution in [0.3, 0.4) is 0 Å². The first kappa shape index (κ1) is 24.8. The van der Waals surface area contributed by atoms with Gasteiger partial charge >= 0.3 is 12.2 Å². The predicted molar refractivity (Wildman–Crippen MR) is 135 cm³/mol. The molecule has 2 amide bonds. The second-order valence-electron chi connectivity index (χ2n) is 10.5. The first-order chi connectivity index (χ1) is 18.2. The minimum absolute atomic E-state index is 0.0220. The average molecular weight is 528 g/mol. The Bertz CT molecular complexity index is 1360. The number of aryl methyl sites for hydroxylation is 1. The number of benzene rings is 2. The number of urea groups is 1. The van der Waals surface area contributed by atoms with Crippen LogP contribution in [0.2, 0.25) is 0 Å².